The van der Waals surface area contributed by atoms with Crippen molar-refractivity contribution < 1.29 is 17.6 Å². The number of anilines is 1. The van der Waals surface area contributed by atoms with Gasteiger partial charge in [0.2, 0.25) is 0 Å². The van der Waals surface area contributed by atoms with Crippen molar-refractivity contribution in [3.05, 3.63) is 29.6 Å². The van der Waals surface area contributed by atoms with Gasteiger partial charge in [0.05, 0.1) is 5.56 Å². The number of likely N-dealkylation sites (tertiary alicyclic amines) is 1. The quantitative estimate of drug-likeness (QED) is 0.848. The molecule has 2 rings (SSSR count). The molecule has 1 heterocycles. The standard InChI is InChI=1S/C13H16F4N2/c14-12-4-3-10(9-11(12)13(15,16)17)18-5-8-19-6-1-2-7-19/h3-4,9,18H,1-2,5-8H2. The number of nitrogens with one attached hydrogen (secondary N) is 1. The van der Waals surface area contributed by atoms with Gasteiger partial charge in [-0.1, -0.05) is 0 Å². The van der Waals surface area contributed by atoms with Crippen LogP contribution in [0.4, 0.5) is 23.2 Å². The summed E-state index contributed by atoms with van der Waals surface area (Å²) < 4.78 is 50.6. The summed E-state index contributed by atoms with van der Waals surface area (Å²) >= 11 is 0. The van der Waals surface area contributed by atoms with Crippen LogP contribution in [0, 0.1) is 5.82 Å². The van der Waals surface area contributed by atoms with Crippen LogP contribution >= 0.6 is 0 Å². The maximum atomic E-state index is 13.1. The molecule has 0 unspecified atom stereocenters. The number of halogens is 4. The largest absolute Gasteiger partial charge is 0.419 e. The Morgan fingerprint density at radius 2 is 1.84 bits per heavy atom. The first kappa shape index (κ1) is 14.1. The van der Waals surface area contributed by atoms with E-state index in [9.17, 15) is 17.6 Å². The Kier molecular flexibility index (Phi) is 4.29. The maximum Gasteiger partial charge on any atom is 0.419 e. The fourth-order valence-electron chi connectivity index (χ4n) is 2.22. The number of benzene rings is 1. The molecule has 0 bridgehead atoms. The van der Waals surface area contributed by atoms with Gasteiger partial charge in [0.15, 0.2) is 0 Å². The molecule has 106 valence electrons. The summed E-state index contributed by atoms with van der Waals surface area (Å²) in [5.74, 6) is -1.24. The van der Waals surface area contributed by atoms with E-state index in [1.165, 1.54) is 18.9 Å². The van der Waals surface area contributed by atoms with Gasteiger partial charge in [-0.05, 0) is 44.1 Å². The lowest BCUT2D eigenvalue weighted by Crippen LogP contribution is -2.26. The highest BCUT2D eigenvalue weighted by atomic mass is 19.4. The highest BCUT2D eigenvalue weighted by Gasteiger charge is 2.34. The van der Waals surface area contributed by atoms with Crippen LogP contribution in [0.5, 0.6) is 0 Å². The SMILES string of the molecule is Fc1ccc(NCCN2CCCC2)cc1C(F)(F)F. The molecular formula is C13H16F4N2. The zero-order valence-electron chi connectivity index (χ0n) is 10.4. The molecule has 1 aromatic rings. The van der Waals surface area contributed by atoms with E-state index in [-0.39, 0.29) is 0 Å². The number of alkyl halides is 3. The van der Waals surface area contributed by atoms with E-state index >= 15 is 0 Å². The Morgan fingerprint density at radius 3 is 2.47 bits per heavy atom. The summed E-state index contributed by atoms with van der Waals surface area (Å²) in [6.07, 6.45) is -2.31. The van der Waals surface area contributed by atoms with Gasteiger partial charge >= 0.3 is 6.18 Å². The number of hydrogen-bond donors (Lipinski definition) is 1. The molecule has 1 fully saturated rings. The van der Waals surface area contributed by atoms with Gasteiger partial charge < -0.3 is 10.2 Å². The first-order valence-electron chi connectivity index (χ1n) is 6.30. The molecule has 6 heteroatoms. The van der Waals surface area contributed by atoms with Gasteiger partial charge in [0.25, 0.3) is 0 Å². The molecule has 1 N–H and O–H groups in total. The zero-order valence-corrected chi connectivity index (χ0v) is 10.4. The maximum absolute atomic E-state index is 13.1. The van der Waals surface area contributed by atoms with Gasteiger partial charge in [0, 0.05) is 18.8 Å². The smallest absolute Gasteiger partial charge is 0.384 e. The summed E-state index contributed by atoms with van der Waals surface area (Å²) in [6, 6.07) is 2.99. The summed E-state index contributed by atoms with van der Waals surface area (Å²) in [5, 5.41) is 2.90. The number of hydrogen-bond acceptors (Lipinski definition) is 2. The predicted octanol–water partition coefficient (Wildman–Crippen LogP) is 3.35. The van der Waals surface area contributed by atoms with E-state index < -0.39 is 17.6 Å². The van der Waals surface area contributed by atoms with E-state index in [1.807, 2.05) is 0 Å². The fourth-order valence-corrected chi connectivity index (χ4v) is 2.22. The molecule has 0 aliphatic carbocycles. The van der Waals surface area contributed by atoms with Crippen molar-refractivity contribution in [1.82, 2.24) is 4.90 Å². The third-order valence-electron chi connectivity index (χ3n) is 3.23. The average Bonchev–Trinajstić information content (AvgIpc) is 2.83. The van der Waals surface area contributed by atoms with Gasteiger partial charge in [-0.3, -0.25) is 0 Å². The molecule has 1 saturated heterocycles. The highest BCUT2D eigenvalue weighted by molar-refractivity contribution is 5.47. The zero-order chi connectivity index (χ0) is 13.9. The van der Waals surface area contributed by atoms with E-state index in [0.29, 0.717) is 12.2 Å². The molecule has 1 aromatic carbocycles. The lowest BCUT2D eigenvalue weighted by Gasteiger charge is -2.16. The van der Waals surface area contributed by atoms with E-state index in [4.69, 9.17) is 0 Å². The van der Waals surface area contributed by atoms with Gasteiger partial charge in [-0.25, -0.2) is 4.39 Å². The second-order valence-corrected chi connectivity index (χ2v) is 4.67. The van der Waals surface area contributed by atoms with Crippen LogP contribution in [0.1, 0.15) is 18.4 Å². The van der Waals surface area contributed by atoms with Gasteiger partial charge in [-0.2, -0.15) is 13.2 Å². The summed E-state index contributed by atoms with van der Waals surface area (Å²) in [6.45, 7) is 3.43. The van der Waals surface area contributed by atoms with E-state index in [2.05, 4.69) is 10.2 Å². The molecule has 1 aliphatic heterocycles. The first-order valence-corrected chi connectivity index (χ1v) is 6.30. The molecule has 0 spiro atoms. The van der Waals surface area contributed by atoms with Crippen molar-refractivity contribution in [3.63, 3.8) is 0 Å². The lowest BCUT2D eigenvalue weighted by molar-refractivity contribution is -0.139. The van der Waals surface area contributed by atoms with Gasteiger partial charge in [0.1, 0.15) is 5.82 Å². The van der Waals surface area contributed by atoms with Crippen LogP contribution in [-0.2, 0) is 6.18 Å². The van der Waals surface area contributed by atoms with Crippen molar-refractivity contribution >= 4 is 5.69 Å². The molecule has 0 atom stereocenters. The van der Waals surface area contributed by atoms with E-state index in [1.54, 1.807) is 0 Å². The van der Waals surface area contributed by atoms with Crippen molar-refractivity contribution in [3.8, 4) is 0 Å². The van der Waals surface area contributed by atoms with Crippen molar-refractivity contribution in [2.45, 2.75) is 19.0 Å². The molecule has 19 heavy (non-hydrogen) atoms. The second-order valence-electron chi connectivity index (χ2n) is 4.67. The molecule has 0 radical (unpaired) electrons. The minimum absolute atomic E-state index is 0.299. The molecule has 0 aromatic heterocycles. The summed E-state index contributed by atoms with van der Waals surface area (Å²) in [4.78, 5) is 2.25. The average molecular weight is 276 g/mol. The minimum atomic E-state index is -4.66. The van der Waals surface area contributed by atoms with Crippen LogP contribution in [0.15, 0.2) is 18.2 Å². The number of rotatable bonds is 4. The topological polar surface area (TPSA) is 15.3 Å². The third kappa shape index (κ3) is 3.83. The molecule has 0 amide bonds. The van der Waals surface area contributed by atoms with Gasteiger partial charge in [-0.15, -0.1) is 0 Å². The Hall–Kier alpha value is -1.30. The van der Waals surface area contributed by atoms with Crippen LogP contribution in [0.3, 0.4) is 0 Å². The fraction of sp³-hybridized carbons (Fsp3) is 0.538. The van der Waals surface area contributed by atoms with Crippen LogP contribution < -0.4 is 5.32 Å². The summed E-state index contributed by atoms with van der Waals surface area (Å²) in [7, 11) is 0. The number of nitrogens with zero attached hydrogens (tertiary/aromatic N) is 1. The second kappa shape index (κ2) is 5.77. The Bertz CT molecular complexity index is 425. The summed E-state index contributed by atoms with van der Waals surface area (Å²) in [5.41, 5.74) is -0.924. The predicted molar refractivity (Wildman–Crippen MR) is 65.6 cm³/mol. The Morgan fingerprint density at radius 1 is 1.16 bits per heavy atom. The normalized spacial score (nSPS) is 16.8. The Labute approximate surface area is 109 Å². The first-order chi connectivity index (χ1) is 8.97. The lowest BCUT2D eigenvalue weighted by atomic mass is 10.2. The monoisotopic (exact) mass is 276 g/mol. The molecule has 1 aliphatic rings. The van der Waals surface area contributed by atoms with E-state index in [0.717, 1.165) is 31.8 Å². The van der Waals surface area contributed by atoms with Crippen LogP contribution in [-0.4, -0.2) is 31.1 Å². The van der Waals surface area contributed by atoms with Crippen molar-refractivity contribution in [2.24, 2.45) is 0 Å². The molecule has 2 nitrogen and oxygen atoms in total. The van der Waals surface area contributed by atoms with Crippen LogP contribution in [0.25, 0.3) is 0 Å². The van der Waals surface area contributed by atoms with Crippen LogP contribution in [0.2, 0.25) is 0 Å². The molecular weight excluding hydrogens is 260 g/mol. The third-order valence-corrected chi connectivity index (χ3v) is 3.23. The van der Waals surface area contributed by atoms with Crippen molar-refractivity contribution in [1.29, 1.82) is 0 Å². The van der Waals surface area contributed by atoms with Crippen molar-refractivity contribution in [2.75, 3.05) is 31.5 Å². The highest BCUT2D eigenvalue weighted by Crippen LogP contribution is 2.32. The Balaban J connectivity index is 1.93. The molecule has 0 saturated carbocycles. The minimum Gasteiger partial charge on any atom is -0.384 e.